The fraction of sp³-hybridized carbons (Fsp3) is 0.700. The van der Waals surface area contributed by atoms with Crippen molar-refractivity contribution < 1.29 is 84.9 Å². The lowest BCUT2D eigenvalue weighted by atomic mass is 10.1. The monoisotopic (exact) mass is 472 g/mol. The zero-order chi connectivity index (χ0) is 23.9. The van der Waals surface area contributed by atoms with Gasteiger partial charge in [0.25, 0.3) is 0 Å². The highest BCUT2D eigenvalue weighted by molar-refractivity contribution is 5.79. The highest BCUT2D eigenvalue weighted by Gasteiger charge is 2.85. The van der Waals surface area contributed by atoms with E-state index in [9.17, 15) is 70.7 Å². The van der Waals surface area contributed by atoms with Crippen molar-refractivity contribution in [1.82, 2.24) is 0 Å². The quantitative estimate of drug-likeness (QED) is 0.286. The van der Waals surface area contributed by atoms with Crippen molar-refractivity contribution in [2.45, 2.75) is 36.1 Å². The second kappa shape index (κ2) is 7.63. The Labute approximate surface area is 147 Å². The Balaban J connectivity index is 6.46. The molecule has 0 radical (unpaired) electrons. The first kappa shape index (κ1) is 26.9. The molecule has 0 aromatic rings. The Bertz CT molecular complexity index is 650. The summed E-state index contributed by atoms with van der Waals surface area (Å²) in [6.07, 6.45) is -26.6. The number of hydrogen-bond donors (Lipinski definition) is 0. The molecule has 0 rings (SSSR count). The van der Waals surface area contributed by atoms with Gasteiger partial charge in [0.1, 0.15) is 0 Å². The normalized spacial score (nSPS) is 16.1. The summed E-state index contributed by atoms with van der Waals surface area (Å²) < 4.78 is 198. The molecule has 0 N–H and O–H groups in total. The Kier molecular flexibility index (Phi) is 7.09. The Hall–Kier alpha value is -2.08. The van der Waals surface area contributed by atoms with Gasteiger partial charge in [-0.2, -0.15) is 65.9 Å². The van der Waals surface area contributed by atoms with E-state index in [1.165, 1.54) is 4.74 Å². The molecule has 1 atom stereocenters. The van der Waals surface area contributed by atoms with Gasteiger partial charge in [0.15, 0.2) is 0 Å². The van der Waals surface area contributed by atoms with Crippen molar-refractivity contribution in [2.75, 3.05) is 7.11 Å². The molecule has 0 spiro atoms. The van der Waals surface area contributed by atoms with E-state index in [4.69, 9.17) is 0 Å². The van der Waals surface area contributed by atoms with E-state index in [0.717, 1.165) is 0 Å². The molecule has 0 heterocycles. The van der Waals surface area contributed by atoms with Gasteiger partial charge in [-0.3, -0.25) is 4.74 Å². The van der Waals surface area contributed by atoms with Crippen LogP contribution in [0.15, 0.2) is 12.1 Å². The molecular weight excluding hydrogens is 469 g/mol. The third kappa shape index (κ3) is 4.58. The number of ether oxygens (including phenoxy) is 3. The second-order valence-electron chi connectivity index (χ2n) is 4.51. The minimum absolute atomic E-state index is 0.108. The number of carbonyl (C=O) groups excluding carboxylic acids is 1. The van der Waals surface area contributed by atoms with Crippen molar-refractivity contribution in [3.8, 4) is 0 Å². The molecule has 0 aromatic heterocycles. The predicted octanol–water partition coefficient (Wildman–Crippen LogP) is 4.91. The zero-order valence-electron chi connectivity index (χ0n) is 12.8. The standard InChI is InChI=1S/C10H3F15O4/c1-27-4(26)5(14,15)6(16,17)9(22,23)29-7(18,8(19,20)21)10(24,25)28-3(13)2(11)12/h1H3. The van der Waals surface area contributed by atoms with Crippen LogP contribution in [0.25, 0.3) is 0 Å². The van der Waals surface area contributed by atoms with Gasteiger partial charge in [-0.05, 0) is 0 Å². The van der Waals surface area contributed by atoms with Crippen molar-refractivity contribution in [1.29, 1.82) is 0 Å². The zero-order valence-corrected chi connectivity index (χ0v) is 12.8. The maximum atomic E-state index is 13.6. The summed E-state index contributed by atoms with van der Waals surface area (Å²) in [5, 5.41) is 0. The van der Waals surface area contributed by atoms with E-state index in [2.05, 4.69) is 4.74 Å². The summed E-state index contributed by atoms with van der Waals surface area (Å²) in [6.45, 7) is 0. The molecule has 0 bridgehead atoms. The first-order valence-electron chi connectivity index (χ1n) is 5.97. The Morgan fingerprint density at radius 2 is 1.14 bits per heavy atom. The third-order valence-corrected chi connectivity index (χ3v) is 2.58. The van der Waals surface area contributed by atoms with Crippen molar-refractivity contribution >= 4 is 5.97 Å². The molecule has 172 valence electrons. The van der Waals surface area contributed by atoms with E-state index in [1.54, 1.807) is 0 Å². The maximum absolute atomic E-state index is 13.6. The Morgan fingerprint density at radius 3 is 1.45 bits per heavy atom. The van der Waals surface area contributed by atoms with Gasteiger partial charge >= 0.3 is 54.2 Å². The van der Waals surface area contributed by atoms with Gasteiger partial charge in [0.05, 0.1) is 7.11 Å². The molecule has 0 aliphatic rings. The van der Waals surface area contributed by atoms with E-state index >= 15 is 0 Å². The lowest BCUT2D eigenvalue weighted by Crippen LogP contribution is -2.67. The number of alkyl halides is 12. The van der Waals surface area contributed by atoms with Gasteiger partial charge in [0, 0.05) is 0 Å². The van der Waals surface area contributed by atoms with Gasteiger partial charge < -0.3 is 9.47 Å². The smallest absolute Gasteiger partial charge is 0.464 e. The number of carbonyl (C=O) groups is 1. The highest BCUT2D eigenvalue weighted by Crippen LogP contribution is 2.55. The molecular formula is C10H3F15O4. The van der Waals surface area contributed by atoms with Gasteiger partial charge in [-0.15, -0.1) is 0 Å². The van der Waals surface area contributed by atoms with Gasteiger partial charge in [-0.1, -0.05) is 0 Å². The minimum atomic E-state index is -7.63. The van der Waals surface area contributed by atoms with Crippen LogP contribution in [-0.2, 0) is 19.0 Å². The first-order valence-corrected chi connectivity index (χ1v) is 5.97. The summed E-state index contributed by atoms with van der Waals surface area (Å²) in [7, 11) is -0.108. The lowest BCUT2D eigenvalue weighted by molar-refractivity contribution is -0.524. The van der Waals surface area contributed by atoms with E-state index in [0.29, 0.717) is 0 Å². The molecule has 0 aliphatic heterocycles. The van der Waals surface area contributed by atoms with Crippen LogP contribution in [0.4, 0.5) is 65.9 Å². The molecule has 0 amide bonds. The SMILES string of the molecule is COC(=O)C(F)(F)C(F)(F)C(F)(F)OC(F)(C(F)(F)F)C(F)(F)OC(F)=C(F)F. The van der Waals surface area contributed by atoms with E-state index in [-0.39, 0.29) is 7.11 Å². The van der Waals surface area contributed by atoms with Crippen LogP contribution < -0.4 is 0 Å². The molecule has 0 saturated carbocycles. The minimum Gasteiger partial charge on any atom is -0.464 e. The number of methoxy groups -OCH3 is 1. The van der Waals surface area contributed by atoms with Crippen LogP contribution in [0.3, 0.4) is 0 Å². The summed E-state index contributed by atoms with van der Waals surface area (Å²) in [4.78, 5) is 10.4. The van der Waals surface area contributed by atoms with Crippen LogP contribution in [0.2, 0.25) is 0 Å². The Morgan fingerprint density at radius 1 is 0.724 bits per heavy atom. The number of esters is 1. The van der Waals surface area contributed by atoms with Crippen LogP contribution in [0, 0.1) is 0 Å². The summed E-state index contributed by atoms with van der Waals surface area (Å²) in [5.41, 5.74) is 0. The number of rotatable bonds is 8. The lowest BCUT2D eigenvalue weighted by Gasteiger charge is -2.38. The second-order valence-corrected chi connectivity index (χ2v) is 4.51. The van der Waals surface area contributed by atoms with Gasteiger partial charge in [-0.25, -0.2) is 4.79 Å². The molecule has 0 fully saturated rings. The highest BCUT2D eigenvalue weighted by atomic mass is 19.4. The molecule has 0 saturated heterocycles. The molecule has 0 aromatic carbocycles. The topological polar surface area (TPSA) is 44.8 Å². The van der Waals surface area contributed by atoms with Crippen LogP contribution >= 0.6 is 0 Å². The van der Waals surface area contributed by atoms with E-state index < -0.39 is 54.2 Å². The van der Waals surface area contributed by atoms with Crippen LogP contribution in [-0.4, -0.2) is 49.2 Å². The van der Waals surface area contributed by atoms with Crippen molar-refractivity contribution in [3.63, 3.8) is 0 Å². The third-order valence-electron chi connectivity index (χ3n) is 2.58. The summed E-state index contributed by atoms with van der Waals surface area (Å²) in [6, 6.07) is -4.00. The van der Waals surface area contributed by atoms with E-state index in [1.807, 2.05) is 4.74 Å². The average molecular weight is 472 g/mol. The number of halogens is 15. The molecule has 4 nitrogen and oxygen atoms in total. The predicted molar refractivity (Wildman–Crippen MR) is 54.2 cm³/mol. The molecule has 1 unspecified atom stereocenters. The van der Waals surface area contributed by atoms with Crippen LogP contribution in [0.1, 0.15) is 0 Å². The largest absolute Gasteiger partial charge is 0.471 e. The maximum Gasteiger partial charge on any atom is 0.471 e. The average Bonchev–Trinajstić information content (AvgIpc) is 2.51. The molecule has 29 heavy (non-hydrogen) atoms. The van der Waals surface area contributed by atoms with Gasteiger partial charge in [0.2, 0.25) is 0 Å². The van der Waals surface area contributed by atoms with Crippen molar-refractivity contribution in [2.24, 2.45) is 0 Å². The first-order chi connectivity index (χ1) is 12.5. The molecule has 0 aliphatic carbocycles. The summed E-state index contributed by atoms with van der Waals surface area (Å²) in [5.74, 6) is -25.5. The van der Waals surface area contributed by atoms with Crippen molar-refractivity contribution in [3.05, 3.63) is 12.1 Å². The fourth-order valence-electron chi connectivity index (χ4n) is 1.18. The van der Waals surface area contributed by atoms with Crippen LogP contribution in [0.5, 0.6) is 0 Å². The summed E-state index contributed by atoms with van der Waals surface area (Å²) >= 11 is 0. The fourth-order valence-corrected chi connectivity index (χ4v) is 1.18. The molecule has 19 heteroatoms. The number of hydrogen-bond acceptors (Lipinski definition) is 4.